The number of carboxylic acid groups (broad SMARTS) is 1. The number of benzene rings is 1. The lowest BCUT2D eigenvalue weighted by atomic mass is 9.88. The Morgan fingerprint density at radius 3 is 2.38 bits per heavy atom. The van der Waals surface area contributed by atoms with Crippen LogP contribution in [0.25, 0.3) is 0 Å². The third kappa shape index (κ3) is 7.04. The van der Waals surface area contributed by atoms with Crippen molar-refractivity contribution < 1.29 is 34.0 Å². The molecule has 2 unspecified atom stereocenters. The van der Waals surface area contributed by atoms with Crippen molar-refractivity contribution in [3.8, 4) is 0 Å². The van der Waals surface area contributed by atoms with Crippen molar-refractivity contribution in [1.82, 2.24) is 0 Å². The largest absolute Gasteiger partial charge is 0.481 e. The molecule has 6 atom stereocenters. The van der Waals surface area contributed by atoms with E-state index >= 15 is 0 Å². The summed E-state index contributed by atoms with van der Waals surface area (Å²) in [5, 5.41) is 20.5. The van der Waals surface area contributed by atoms with Crippen LogP contribution in [-0.2, 0) is 30.2 Å². The molecule has 3 fully saturated rings. The molecule has 7 heteroatoms. The maximum absolute atomic E-state index is 11.7. The molecule has 3 aliphatic rings. The second-order valence-corrected chi connectivity index (χ2v) is 9.61. The minimum atomic E-state index is -0.929. The van der Waals surface area contributed by atoms with E-state index in [2.05, 4.69) is 18.2 Å². The number of rotatable bonds is 10. The minimum absolute atomic E-state index is 0.137. The lowest BCUT2D eigenvalue weighted by Gasteiger charge is -2.33. The summed E-state index contributed by atoms with van der Waals surface area (Å²) < 4.78 is 24.4. The van der Waals surface area contributed by atoms with Gasteiger partial charge in [-0.15, -0.1) is 0 Å². The quantitative estimate of drug-likeness (QED) is 0.485. The number of carboxylic acids is 1. The molecule has 0 amide bonds. The van der Waals surface area contributed by atoms with Crippen LogP contribution in [0.3, 0.4) is 0 Å². The molecule has 1 aliphatic carbocycles. The Morgan fingerprint density at radius 2 is 1.74 bits per heavy atom. The van der Waals surface area contributed by atoms with Crippen LogP contribution < -0.4 is 0 Å². The minimum Gasteiger partial charge on any atom is -0.481 e. The van der Waals surface area contributed by atoms with Crippen molar-refractivity contribution in [1.29, 1.82) is 0 Å². The van der Waals surface area contributed by atoms with Gasteiger partial charge in [0.1, 0.15) is 5.76 Å². The van der Waals surface area contributed by atoms with Crippen LogP contribution >= 0.6 is 0 Å². The zero-order valence-corrected chi connectivity index (χ0v) is 19.8. The molecule has 7 nitrogen and oxygen atoms in total. The van der Waals surface area contributed by atoms with Crippen molar-refractivity contribution >= 4 is 5.97 Å². The molecule has 0 spiro atoms. The maximum Gasteiger partial charge on any atom is 0.303 e. The molecule has 4 rings (SSSR count). The number of aliphatic hydroxyl groups is 1. The van der Waals surface area contributed by atoms with E-state index in [0.29, 0.717) is 25.4 Å². The number of aryl methyl sites for hydroxylation is 1. The van der Waals surface area contributed by atoms with Crippen molar-refractivity contribution in [2.75, 3.05) is 13.2 Å². The predicted molar refractivity (Wildman–Crippen MR) is 126 cm³/mol. The number of hydrogen-bond acceptors (Lipinski definition) is 6. The molecule has 2 saturated heterocycles. The van der Waals surface area contributed by atoms with E-state index in [1.807, 2.05) is 18.2 Å². The summed E-state index contributed by atoms with van der Waals surface area (Å²) in [6, 6.07) is 10.2. The first kappa shape index (κ1) is 25.2. The zero-order chi connectivity index (χ0) is 23.8. The Hall–Kier alpha value is -1.93. The summed E-state index contributed by atoms with van der Waals surface area (Å²) in [6.07, 6.45) is 7.76. The van der Waals surface area contributed by atoms with Crippen molar-refractivity contribution in [2.24, 2.45) is 11.8 Å². The molecule has 0 aromatic heterocycles. The fraction of sp³-hybridized carbons (Fsp3) is 0.667. The number of allylic oxidation sites excluding steroid dienone is 1. The maximum atomic E-state index is 11.7. The smallest absolute Gasteiger partial charge is 0.303 e. The van der Waals surface area contributed by atoms with Gasteiger partial charge < -0.3 is 29.2 Å². The molecule has 2 aliphatic heterocycles. The third-order valence-corrected chi connectivity index (χ3v) is 7.06. The Bertz CT molecular complexity index is 783. The summed E-state index contributed by atoms with van der Waals surface area (Å²) in [6.45, 7) is 1.32. The van der Waals surface area contributed by atoms with Crippen LogP contribution in [-0.4, -0.2) is 54.2 Å². The van der Waals surface area contributed by atoms with E-state index < -0.39 is 18.0 Å². The Balaban J connectivity index is 1.56. The molecule has 188 valence electrons. The normalized spacial score (nSPS) is 32.4. The van der Waals surface area contributed by atoms with E-state index in [-0.39, 0.29) is 31.0 Å². The highest BCUT2D eigenvalue weighted by Crippen LogP contribution is 2.43. The van der Waals surface area contributed by atoms with Gasteiger partial charge in [0.2, 0.25) is 0 Å². The molecular formula is C27H38O7. The summed E-state index contributed by atoms with van der Waals surface area (Å²) in [5.41, 5.74) is 1.23. The second kappa shape index (κ2) is 12.7. The van der Waals surface area contributed by atoms with Crippen LogP contribution in [0.15, 0.2) is 42.2 Å². The van der Waals surface area contributed by atoms with E-state index in [4.69, 9.17) is 18.9 Å². The first-order valence-electron chi connectivity index (χ1n) is 12.8. The predicted octanol–water partition coefficient (Wildman–Crippen LogP) is 4.43. The molecule has 0 bridgehead atoms. The van der Waals surface area contributed by atoms with Crippen LogP contribution in [0.1, 0.15) is 63.4 Å². The molecule has 34 heavy (non-hydrogen) atoms. The van der Waals surface area contributed by atoms with Gasteiger partial charge in [0, 0.05) is 31.3 Å². The third-order valence-electron chi connectivity index (χ3n) is 7.06. The standard InChI is InChI=1S/C27H38O7/c28-21-18-23(34-26-14-5-7-16-32-26)27(20(21)17-24(29)30)22(33-25-13-4-6-15-31-25)12-8-11-19-9-2-1-3-10-19/h1-3,9-10,12,20-21,23,25-28H,4-8,11,13-18H2,(H,29,30)/t20-,21-,23+,25?,26?,27-/m1/s1. The Morgan fingerprint density at radius 1 is 1.03 bits per heavy atom. The van der Waals surface area contributed by atoms with Gasteiger partial charge >= 0.3 is 5.97 Å². The Kier molecular flexibility index (Phi) is 9.39. The van der Waals surface area contributed by atoms with Gasteiger partial charge in [0.25, 0.3) is 0 Å². The summed E-state index contributed by atoms with van der Waals surface area (Å²) in [4.78, 5) is 11.7. The number of hydrogen-bond donors (Lipinski definition) is 2. The number of carbonyl (C=O) groups is 1. The first-order chi connectivity index (χ1) is 16.6. The Labute approximate surface area is 202 Å². The lowest BCUT2D eigenvalue weighted by Crippen LogP contribution is -2.35. The molecule has 1 aromatic carbocycles. The fourth-order valence-corrected chi connectivity index (χ4v) is 5.33. The fourth-order valence-electron chi connectivity index (χ4n) is 5.33. The topological polar surface area (TPSA) is 94.5 Å². The number of aliphatic carboxylic acids is 1. The first-order valence-corrected chi connectivity index (χ1v) is 12.8. The SMILES string of the molecule is O=C(O)C[C@H]1[C@H](C(=CCCc2ccccc2)OC2CCCCO2)[C@@H](OC2CCCCO2)C[C@H]1O. The summed E-state index contributed by atoms with van der Waals surface area (Å²) >= 11 is 0. The van der Waals surface area contributed by atoms with E-state index in [9.17, 15) is 15.0 Å². The van der Waals surface area contributed by atoms with Crippen LogP contribution in [0.4, 0.5) is 0 Å². The monoisotopic (exact) mass is 474 g/mol. The second-order valence-electron chi connectivity index (χ2n) is 9.61. The summed E-state index contributed by atoms with van der Waals surface area (Å²) in [7, 11) is 0. The highest BCUT2D eigenvalue weighted by Gasteiger charge is 2.48. The summed E-state index contributed by atoms with van der Waals surface area (Å²) in [5.74, 6) is -1.09. The number of ether oxygens (including phenoxy) is 4. The number of aliphatic hydroxyl groups excluding tert-OH is 1. The average Bonchev–Trinajstić information content (AvgIpc) is 3.14. The van der Waals surface area contributed by atoms with Gasteiger partial charge in [-0.25, -0.2) is 0 Å². The van der Waals surface area contributed by atoms with Crippen molar-refractivity contribution in [3.05, 3.63) is 47.7 Å². The molecular weight excluding hydrogens is 436 g/mol. The van der Waals surface area contributed by atoms with Gasteiger partial charge in [0.15, 0.2) is 12.6 Å². The zero-order valence-electron chi connectivity index (χ0n) is 19.8. The average molecular weight is 475 g/mol. The van der Waals surface area contributed by atoms with Gasteiger partial charge in [-0.2, -0.15) is 0 Å². The molecule has 2 N–H and O–H groups in total. The van der Waals surface area contributed by atoms with Gasteiger partial charge in [0.05, 0.1) is 25.2 Å². The van der Waals surface area contributed by atoms with Gasteiger partial charge in [-0.1, -0.05) is 30.3 Å². The van der Waals surface area contributed by atoms with E-state index in [1.165, 1.54) is 5.56 Å². The van der Waals surface area contributed by atoms with Crippen LogP contribution in [0, 0.1) is 11.8 Å². The van der Waals surface area contributed by atoms with Gasteiger partial charge in [-0.3, -0.25) is 4.79 Å². The molecule has 1 saturated carbocycles. The molecule has 1 aromatic rings. The van der Waals surface area contributed by atoms with Crippen molar-refractivity contribution in [2.45, 2.75) is 89.0 Å². The van der Waals surface area contributed by atoms with E-state index in [0.717, 1.165) is 51.4 Å². The molecule has 2 heterocycles. The lowest BCUT2D eigenvalue weighted by molar-refractivity contribution is -0.201. The van der Waals surface area contributed by atoms with Crippen LogP contribution in [0.2, 0.25) is 0 Å². The van der Waals surface area contributed by atoms with E-state index in [1.54, 1.807) is 0 Å². The highest BCUT2D eigenvalue weighted by molar-refractivity contribution is 5.67. The van der Waals surface area contributed by atoms with Crippen molar-refractivity contribution in [3.63, 3.8) is 0 Å². The molecule has 0 radical (unpaired) electrons. The highest BCUT2D eigenvalue weighted by atomic mass is 16.7. The van der Waals surface area contributed by atoms with Gasteiger partial charge in [-0.05, 0) is 56.6 Å². The van der Waals surface area contributed by atoms with Crippen LogP contribution in [0.5, 0.6) is 0 Å².